The van der Waals surface area contributed by atoms with Gasteiger partial charge in [-0.25, -0.2) is 4.39 Å². The van der Waals surface area contributed by atoms with E-state index in [9.17, 15) is 13.2 Å². The van der Waals surface area contributed by atoms with Crippen LogP contribution in [0.15, 0.2) is 24.8 Å². The molecule has 168 valence electrons. The number of halogens is 4. The molecule has 2 saturated carbocycles. The van der Waals surface area contributed by atoms with Crippen molar-refractivity contribution in [3.63, 3.8) is 0 Å². The van der Waals surface area contributed by atoms with E-state index in [1.54, 1.807) is 6.07 Å². The van der Waals surface area contributed by atoms with Crippen LogP contribution in [0.1, 0.15) is 88.5 Å². The second-order valence-corrected chi connectivity index (χ2v) is 9.61. The van der Waals surface area contributed by atoms with Gasteiger partial charge in [0.05, 0.1) is 5.02 Å². The summed E-state index contributed by atoms with van der Waals surface area (Å²) in [6.07, 6.45) is 16.4. The lowest BCUT2D eigenvalue weighted by atomic mass is 9.74. The zero-order valence-corrected chi connectivity index (χ0v) is 18.5. The van der Waals surface area contributed by atoms with Gasteiger partial charge >= 0.3 is 6.61 Å². The smallest absolute Gasteiger partial charge is 0.387 e. The molecule has 0 atom stereocenters. The van der Waals surface area contributed by atoms with Gasteiger partial charge in [0.15, 0.2) is 11.6 Å². The third kappa shape index (κ3) is 6.42. The van der Waals surface area contributed by atoms with Crippen LogP contribution in [0, 0.1) is 23.6 Å². The number of hydrogen-bond donors (Lipinski definition) is 0. The third-order valence-corrected chi connectivity index (χ3v) is 7.59. The zero-order chi connectivity index (χ0) is 21.5. The zero-order valence-electron chi connectivity index (χ0n) is 17.7. The first-order valence-corrected chi connectivity index (χ1v) is 11.9. The van der Waals surface area contributed by atoms with Crippen LogP contribution in [-0.4, -0.2) is 6.61 Å². The largest absolute Gasteiger partial charge is 0.431 e. The van der Waals surface area contributed by atoms with Crippen molar-refractivity contribution in [2.24, 2.45) is 17.8 Å². The highest BCUT2D eigenvalue weighted by Crippen LogP contribution is 2.44. The molecule has 30 heavy (non-hydrogen) atoms. The molecule has 0 bridgehead atoms. The van der Waals surface area contributed by atoms with E-state index in [0.717, 1.165) is 43.9 Å². The van der Waals surface area contributed by atoms with Crippen LogP contribution in [-0.2, 0) is 0 Å². The predicted octanol–water partition coefficient (Wildman–Crippen LogP) is 8.91. The molecule has 5 heteroatoms. The minimum atomic E-state index is -3.06. The van der Waals surface area contributed by atoms with Crippen LogP contribution in [0.25, 0.3) is 0 Å². The third-order valence-electron chi connectivity index (χ3n) is 7.30. The van der Waals surface area contributed by atoms with Crippen molar-refractivity contribution in [1.82, 2.24) is 0 Å². The molecule has 0 unspecified atom stereocenters. The summed E-state index contributed by atoms with van der Waals surface area (Å²) >= 11 is 5.78. The first-order chi connectivity index (χ1) is 14.5. The minimum absolute atomic E-state index is 0.0575. The Bertz CT molecular complexity index is 677. The van der Waals surface area contributed by atoms with Crippen molar-refractivity contribution in [1.29, 1.82) is 0 Å². The van der Waals surface area contributed by atoms with Crippen LogP contribution in [0.3, 0.4) is 0 Å². The Kier molecular flexibility index (Phi) is 8.98. The fraction of sp³-hybridized carbons (Fsp3) is 0.680. The average molecular weight is 443 g/mol. The second kappa shape index (κ2) is 11.5. The molecule has 0 saturated heterocycles. The molecule has 1 nitrogen and oxygen atoms in total. The van der Waals surface area contributed by atoms with Crippen molar-refractivity contribution >= 4 is 11.6 Å². The first kappa shape index (κ1) is 23.5. The molecule has 2 aliphatic carbocycles. The van der Waals surface area contributed by atoms with E-state index in [2.05, 4.69) is 11.3 Å². The highest BCUT2D eigenvalue weighted by molar-refractivity contribution is 6.30. The van der Waals surface area contributed by atoms with Gasteiger partial charge in [-0.1, -0.05) is 62.3 Å². The quantitative estimate of drug-likeness (QED) is 0.347. The van der Waals surface area contributed by atoms with Crippen LogP contribution in [0.2, 0.25) is 5.02 Å². The Balaban J connectivity index is 1.46. The number of ether oxygens (including phenoxy) is 1. The molecule has 0 amide bonds. The van der Waals surface area contributed by atoms with Crippen molar-refractivity contribution in [2.75, 3.05) is 0 Å². The molecular formula is C25H34ClF3O. The molecule has 0 heterocycles. The molecule has 0 radical (unpaired) electrons. The topological polar surface area (TPSA) is 9.23 Å². The Hall–Kier alpha value is -1.16. The van der Waals surface area contributed by atoms with Crippen LogP contribution >= 0.6 is 11.6 Å². The van der Waals surface area contributed by atoms with Crippen LogP contribution < -0.4 is 4.74 Å². The average Bonchev–Trinajstić information content (AvgIpc) is 2.75. The van der Waals surface area contributed by atoms with Gasteiger partial charge in [0.25, 0.3) is 0 Å². The van der Waals surface area contributed by atoms with E-state index < -0.39 is 12.4 Å². The SMILES string of the molecule is C=CCCC1CCC(CCC2CCC(c3ccc(Cl)c(F)c3OC(F)F)CC2)CC1. The van der Waals surface area contributed by atoms with E-state index in [1.165, 1.54) is 51.0 Å². The summed E-state index contributed by atoms with van der Waals surface area (Å²) in [7, 11) is 0. The van der Waals surface area contributed by atoms with Crippen molar-refractivity contribution < 1.29 is 17.9 Å². The summed E-state index contributed by atoms with van der Waals surface area (Å²) in [5, 5.41) is -0.178. The molecule has 0 spiro atoms. The fourth-order valence-electron chi connectivity index (χ4n) is 5.47. The van der Waals surface area contributed by atoms with Crippen molar-refractivity contribution in [3.05, 3.63) is 41.2 Å². The second-order valence-electron chi connectivity index (χ2n) is 9.21. The van der Waals surface area contributed by atoms with Crippen molar-refractivity contribution in [3.8, 4) is 5.75 Å². The van der Waals surface area contributed by atoms with E-state index >= 15 is 0 Å². The predicted molar refractivity (Wildman–Crippen MR) is 117 cm³/mol. The highest BCUT2D eigenvalue weighted by Gasteiger charge is 2.29. The molecule has 1 aromatic carbocycles. The van der Waals surface area contributed by atoms with Gasteiger partial charge in [0.2, 0.25) is 0 Å². The van der Waals surface area contributed by atoms with Crippen molar-refractivity contribution in [2.45, 2.75) is 89.6 Å². The Morgan fingerprint density at radius 3 is 2.00 bits per heavy atom. The molecule has 2 fully saturated rings. The van der Waals surface area contributed by atoms with Gasteiger partial charge < -0.3 is 4.74 Å². The molecular weight excluding hydrogens is 409 g/mol. The number of allylic oxidation sites excluding steroid dienone is 1. The maximum absolute atomic E-state index is 14.3. The van der Waals surface area contributed by atoms with Gasteiger partial charge in [-0.2, -0.15) is 8.78 Å². The van der Waals surface area contributed by atoms with Gasteiger partial charge in [0.1, 0.15) is 0 Å². The Morgan fingerprint density at radius 1 is 0.933 bits per heavy atom. The molecule has 3 rings (SSSR count). The molecule has 0 aliphatic heterocycles. The summed E-state index contributed by atoms with van der Waals surface area (Å²) in [4.78, 5) is 0. The summed E-state index contributed by atoms with van der Waals surface area (Å²) < 4.78 is 44.3. The van der Waals surface area contributed by atoms with E-state index in [0.29, 0.717) is 11.5 Å². The maximum Gasteiger partial charge on any atom is 0.387 e. The lowest BCUT2D eigenvalue weighted by Gasteiger charge is -2.32. The highest BCUT2D eigenvalue weighted by atomic mass is 35.5. The minimum Gasteiger partial charge on any atom is -0.431 e. The molecule has 1 aromatic rings. The van der Waals surface area contributed by atoms with E-state index in [4.69, 9.17) is 11.6 Å². The summed E-state index contributed by atoms with van der Waals surface area (Å²) in [5.74, 6) is 1.26. The Labute approximate surface area is 184 Å². The molecule has 2 aliphatic rings. The lowest BCUT2D eigenvalue weighted by molar-refractivity contribution is -0.0531. The number of rotatable bonds is 9. The number of hydrogen-bond acceptors (Lipinski definition) is 1. The molecule has 0 aromatic heterocycles. The van der Waals surface area contributed by atoms with Gasteiger partial charge in [-0.3, -0.25) is 0 Å². The summed E-state index contributed by atoms with van der Waals surface area (Å²) in [6, 6.07) is 3.10. The number of benzene rings is 1. The van der Waals surface area contributed by atoms with Crippen LogP contribution in [0.4, 0.5) is 13.2 Å². The van der Waals surface area contributed by atoms with E-state index in [1.807, 2.05) is 6.08 Å². The van der Waals surface area contributed by atoms with Gasteiger partial charge in [-0.15, -0.1) is 6.58 Å². The van der Waals surface area contributed by atoms with E-state index in [-0.39, 0.29) is 16.7 Å². The van der Waals surface area contributed by atoms with Gasteiger partial charge in [-0.05, 0) is 68.3 Å². The lowest BCUT2D eigenvalue weighted by Crippen LogP contribution is -2.18. The van der Waals surface area contributed by atoms with Crippen LogP contribution in [0.5, 0.6) is 5.75 Å². The standard InChI is InChI=1S/C25H34ClF3O/c1-2-3-4-17-5-7-18(8-6-17)9-10-19-11-13-20(14-12-19)21-15-16-22(26)23(27)24(21)30-25(28)29/h2,15-20,25H,1,3-14H2. The summed E-state index contributed by atoms with van der Waals surface area (Å²) in [6.45, 7) is 0.771. The maximum atomic E-state index is 14.3. The monoisotopic (exact) mass is 442 g/mol. The first-order valence-electron chi connectivity index (χ1n) is 11.5. The normalized spacial score (nSPS) is 27.2. The van der Waals surface area contributed by atoms with Gasteiger partial charge in [0, 0.05) is 5.56 Å². The summed E-state index contributed by atoms with van der Waals surface area (Å²) in [5.41, 5.74) is 0.536. The number of alkyl halides is 2. The molecule has 0 N–H and O–H groups in total. The fourth-order valence-corrected chi connectivity index (χ4v) is 5.62. The Morgan fingerprint density at radius 2 is 1.47 bits per heavy atom.